The number of carbonyl (C=O) groups excluding carboxylic acids is 2. The third-order valence-electron chi connectivity index (χ3n) is 5.84. The number of aliphatic hydroxyl groups excluding tert-OH is 1. The van der Waals surface area contributed by atoms with E-state index in [9.17, 15) is 24.6 Å². The second kappa shape index (κ2) is 6.65. The van der Waals surface area contributed by atoms with Crippen molar-refractivity contribution in [2.75, 3.05) is 13.2 Å². The third-order valence-corrected chi connectivity index (χ3v) is 5.84. The number of likely N-dealkylation sites (tertiary alicyclic amines) is 1. The summed E-state index contributed by atoms with van der Waals surface area (Å²) in [5, 5.41) is 22.0. The Morgan fingerprint density at radius 2 is 1.78 bits per heavy atom. The highest BCUT2D eigenvalue weighted by Crippen LogP contribution is 2.65. The number of hydrogen-bond donors (Lipinski definition) is 3. The lowest BCUT2D eigenvalue weighted by molar-refractivity contribution is -0.152. The van der Waals surface area contributed by atoms with Crippen LogP contribution in [-0.4, -0.2) is 63.9 Å². The fourth-order valence-electron chi connectivity index (χ4n) is 4.07. The molecule has 1 saturated carbocycles. The molecule has 1 heterocycles. The lowest BCUT2D eigenvalue weighted by Crippen LogP contribution is -2.59. The molecule has 154 valence electrons. The van der Waals surface area contributed by atoms with Crippen LogP contribution in [0.5, 0.6) is 0 Å². The molecule has 1 unspecified atom stereocenters. The predicted octanol–water partition coefficient (Wildman–Crippen LogP) is 1.47. The smallest absolute Gasteiger partial charge is 0.408 e. The van der Waals surface area contributed by atoms with Crippen LogP contribution in [0.15, 0.2) is 0 Å². The molecule has 0 radical (unpaired) electrons. The van der Waals surface area contributed by atoms with Gasteiger partial charge in [-0.25, -0.2) is 9.59 Å². The maximum absolute atomic E-state index is 13.2. The van der Waals surface area contributed by atoms with Gasteiger partial charge in [0.15, 0.2) is 0 Å². The maximum Gasteiger partial charge on any atom is 0.408 e. The number of carbonyl (C=O) groups is 3. The van der Waals surface area contributed by atoms with E-state index in [0.717, 1.165) is 0 Å². The molecular formula is C19H32N2O6. The summed E-state index contributed by atoms with van der Waals surface area (Å²) in [5.41, 5.74) is -1.84. The molecule has 4 atom stereocenters. The fraction of sp³-hybridized carbons (Fsp3) is 0.842. The summed E-state index contributed by atoms with van der Waals surface area (Å²) in [4.78, 5) is 38.6. The van der Waals surface area contributed by atoms with Crippen LogP contribution in [-0.2, 0) is 14.3 Å². The second-order valence-corrected chi connectivity index (χ2v) is 9.95. The van der Waals surface area contributed by atoms with Gasteiger partial charge in [0, 0.05) is 17.9 Å². The van der Waals surface area contributed by atoms with Crippen LogP contribution in [0, 0.1) is 22.7 Å². The summed E-state index contributed by atoms with van der Waals surface area (Å²) < 4.78 is 5.24. The van der Waals surface area contributed by atoms with Crippen LogP contribution in [0.4, 0.5) is 4.79 Å². The van der Waals surface area contributed by atoms with Crippen molar-refractivity contribution >= 4 is 18.0 Å². The molecule has 2 amide bonds. The van der Waals surface area contributed by atoms with Gasteiger partial charge in [-0.2, -0.15) is 0 Å². The molecule has 8 nitrogen and oxygen atoms in total. The number of carboxylic acid groups (broad SMARTS) is 1. The number of aliphatic hydroxyl groups is 1. The minimum absolute atomic E-state index is 0.0987. The molecule has 1 aliphatic heterocycles. The van der Waals surface area contributed by atoms with Gasteiger partial charge in [-0.3, -0.25) is 4.79 Å². The molecule has 1 aliphatic carbocycles. The summed E-state index contributed by atoms with van der Waals surface area (Å²) in [7, 11) is 0. The zero-order valence-corrected chi connectivity index (χ0v) is 17.2. The van der Waals surface area contributed by atoms with Crippen molar-refractivity contribution in [3.8, 4) is 0 Å². The molecule has 0 aromatic carbocycles. The van der Waals surface area contributed by atoms with Crippen molar-refractivity contribution in [1.82, 2.24) is 10.2 Å². The Morgan fingerprint density at radius 3 is 2.22 bits per heavy atom. The van der Waals surface area contributed by atoms with E-state index in [0.29, 0.717) is 6.54 Å². The Kier molecular flexibility index (Phi) is 5.29. The monoisotopic (exact) mass is 384 g/mol. The lowest BCUT2D eigenvalue weighted by atomic mass is 9.84. The van der Waals surface area contributed by atoms with E-state index >= 15 is 0 Å². The van der Waals surface area contributed by atoms with Crippen molar-refractivity contribution in [2.24, 2.45) is 22.7 Å². The first kappa shape index (κ1) is 21.5. The number of piperidine rings is 1. The first-order chi connectivity index (χ1) is 12.1. The zero-order chi connectivity index (χ0) is 20.9. The summed E-state index contributed by atoms with van der Waals surface area (Å²) in [6.07, 6.45) is -0.779. The van der Waals surface area contributed by atoms with E-state index in [-0.39, 0.29) is 23.9 Å². The Morgan fingerprint density at radius 1 is 1.22 bits per heavy atom. The van der Waals surface area contributed by atoms with Crippen LogP contribution in [0.3, 0.4) is 0 Å². The third kappa shape index (κ3) is 4.05. The molecule has 0 bridgehead atoms. The van der Waals surface area contributed by atoms with Gasteiger partial charge in [-0.1, -0.05) is 27.7 Å². The predicted molar refractivity (Wildman–Crippen MR) is 97.9 cm³/mol. The molecule has 1 saturated heterocycles. The van der Waals surface area contributed by atoms with E-state index in [1.165, 1.54) is 4.90 Å². The normalized spacial score (nSPS) is 27.6. The number of fused-ring (bicyclic) bond motifs is 1. The Bertz CT molecular complexity index is 637. The molecular weight excluding hydrogens is 352 g/mol. The van der Waals surface area contributed by atoms with Gasteiger partial charge in [-0.05, 0) is 32.1 Å². The number of nitrogens with zero attached hydrogens (tertiary/aromatic N) is 1. The standard InChI is InChI=1S/C19H32N2O6/c1-17(2,3)27-16(26)20-13(18(4,5)9-22)14(23)21-8-10-11(19(10,6)7)12(21)15(24)25/h10-13,22H,8-9H2,1-7H3,(H,20,26)(H,24,25)/t10-,11-,12-,13?/m0/s1. The quantitative estimate of drug-likeness (QED) is 0.661. The van der Waals surface area contributed by atoms with Gasteiger partial charge in [0.1, 0.15) is 17.7 Å². The van der Waals surface area contributed by atoms with Crippen molar-refractivity contribution in [3.63, 3.8) is 0 Å². The number of ether oxygens (including phenoxy) is 1. The van der Waals surface area contributed by atoms with Crippen LogP contribution in [0.1, 0.15) is 48.5 Å². The average molecular weight is 384 g/mol. The molecule has 0 aromatic rings. The molecule has 2 aliphatic rings. The number of rotatable bonds is 5. The van der Waals surface area contributed by atoms with Gasteiger partial charge >= 0.3 is 12.1 Å². The van der Waals surface area contributed by atoms with Gasteiger partial charge in [0.05, 0.1) is 6.61 Å². The first-order valence-corrected chi connectivity index (χ1v) is 9.27. The fourth-order valence-corrected chi connectivity index (χ4v) is 4.07. The maximum atomic E-state index is 13.2. The van der Waals surface area contributed by atoms with Crippen LogP contribution < -0.4 is 5.32 Å². The van der Waals surface area contributed by atoms with Gasteiger partial charge in [0.2, 0.25) is 5.91 Å². The summed E-state index contributed by atoms with van der Waals surface area (Å²) >= 11 is 0. The SMILES string of the molecule is CC(C)(C)OC(=O)NC(C(=O)N1C[C@H]2[C@@H]([C@H]1C(=O)O)C2(C)C)C(C)(C)CO. The second-order valence-electron chi connectivity index (χ2n) is 9.95. The van der Waals surface area contributed by atoms with E-state index in [1.54, 1.807) is 34.6 Å². The minimum Gasteiger partial charge on any atom is -0.480 e. The number of alkyl carbamates (subject to hydrolysis) is 1. The van der Waals surface area contributed by atoms with Crippen molar-refractivity contribution in [1.29, 1.82) is 0 Å². The van der Waals surface area contributed by atoms with Crippen molar-refractivity contribution in [3.05, 3.63) is 0 Å². The van der Waals surface area contributed by atoms with E-state index in [4.69, 9.17) is 4.74 Å². The van der Waals surface area contributed by atoms with Crippen LogP contribution in [0.2, 0.25) is 0 Å². The Labute approximate surface area is 160 Å². The van der Waals surface area contributed by atoms with E-state index < -0.39 is 41.1 Å². The van der Waals surface area contributed by atoms with E-state index in [1.807, 2.05) is 13.8 Å². The lowest BCUT2D eigenvalue weighted by Gasteiger charge is -2.37. The number of carboxylic acids is 1. The number of amides is 2. The van der Waals surface area contributed by atoms with Crippen LogP contribution in [0.25, 0.3) is 0 Å². The molecule has 3 N–H and O–H groups in total. The topological polar surface area (TPSA) is 116 Å². The largest absolute Gasteiger partial charge is 0.480 e. The summed E-state index contributed by atoms with van der Waals surface area (Å²) in [6, 6.07) is -2.02. The molecule has 2 fully saturated rings. The van der Waals surface area contributed by atoms with Crippen molar-refractivity contribution < 1.29 is 29.3 Å². The Balaban J connectivity index is 2.24. The zero-order valence-electron chi connectivity index (χ0n) is 17.2. The van der Waals surface area contributed by atoms with Gasteiger partial charge in [-0.15, -0.1) is 0 Å². The van der Waals surface area contributed by atoms with Gasteiger partial charge < -0.3 is 25.2 Å². The molecule has 27 heavy (non-hydrogen) atoms. The first-order valence-electron chi connectivity index (χ1n) is 9.27. The average Bonchev–Trinajstić information content (AvgIpc) is 2.86. The van der Waals surface area contributed by atoms with Crippen LogP contribution >= 0.6 is 0 Å². The van der Waals surface area contributed by atoms with Crippen molar-refractivity contribution in [2.45, 2.75) is 66.2 Å². The molecule has 0 aromatic heterocycles. The molecule has 0 spiro atoms. The molecule has 8 heteroatoms. The number of aliphatic carboxylic acids is 1. The highest BCUT2D eigenvalue weighted by atomic mass is 16.6. The number of nitrogens with one attached hydrogen (secondary N) is 1. The van der Waals surface area contributed by atoms with E-state index in [2.05, 4.69) is 5.32 Å². The summed E-state index contributed by atoms with van der Waals surface area (Å²) in [5.74, 6) is -1.52. The summed E-state index contributed by atoms with van der Waals surface area (Å²) in [6.45, 7) is 12.4. The minimum atomic E-state index is -1.10. The number of hydrogen-bond acceptors (Lipinski definition) is 5. The molecule has 2 rings (SSSR count). The highest BCUT2D eigenvalue weighted by Gasteiger charge is 2.70. The highest BCUT2D eigenvalue weighted by molar-refractivity contribution is 5.91. The van der Waals surface area contributed by atoms with Gasteiger partial charge in [0.25, 0.3) is 0 Å². The Hall–Kier alpha value is -1.83.